The molecule has 0 aliphatic carbocycles. The van der Waals surface area contributed by atoms with Gasteiger partial charge in [-0.05, 0) is 25.8 Å². The highest BCUT2D eigenvalue weighted by Crippen LogP contribution is 2.22. The summed E-state index contributed by atoms with van der Waals surface area (Å²) in [6, 6.07) is 0.353. The van der Waals surface area contributed by atoms with E-state index in [1.54, 1.807) is 0 Å². The molecule has 2 saturated heterocycles. The van der Waals surface area contributed by atoms with Gasteiger partial charge in [0.2, 0.25) is 5.91 Å². The minimum absolute atomic E-state index is 0.169. The van der Waals surface area contributed by atoms with Crippen molar-refractivity contribution in [2.45, 2.75) is 19.4 Å². The van der Waals surface area contributed by atoms with Gasteiger partial charge in [-0.15, -0.1) is 0 Å². The molecule has 0 bridgehead atoms. The van der Waals surface area contributed by atoms with E-state index >= 15 is 0 Å². The smallest absolute Gasteiger partial charge is 0.416 e. The Kier molecular flexibility index (Phi) is 3.63. The number of imide groups is 1. The molecular weight excluding hydrogens is 222 g/mol. The number of nitrogens with zero attached hydrogens (tertiary/aromatic N) is 2. The number of likely N-dealkylation sites (tertiary alicyclic amines) is 1. The Morgan fingerprint density at radius 3 is 2.88 bits per heavy atom. The highest BCUT2D eigenvalue weighted by atomic mass is 16.6. The van der Waals surface area contributed by atoms with E-state index in [2.05, 4.69) is 11.8 Å². The lowest BCUT2D eigenvalue weighted by Gasteiger charge is -2.22. The molecule has 2 heterocycles. The number of amides is 2. The minimum Gasteiger partial charge on any atom is -0.447 e. The minimum atomic E-state index is -0.516. The SMILES string of the molecule is CC1CC(CN)CN1CC(=O)N1CCOC1=O. The third kappa shape index (κ3) is 2.58. The molecular formula is C11H19N3O3. The van der Waals surface area contributed by atoms with Gasteiger partial charge < -0.3 is 10.5 Å². The van der Waals surface area contributed by atoms with Gasteiger partial charge >= 0.3 is 6.09 Å². The molecule has 17 heavy (non-hydrogen) atoms. The van der Waals surface area contributed by atoms with Crippen molar-refractivity contribution in [3.8, 4) is 0 Å². The van der Waals surface area contributed by atoms with Gasteiger partial charge in [0.1, 0.15) is 6.61 Å². The normalized spacial score (nSPS) is 29.8. The fourth-order valence-corrected chi connectivity index (χ4v) is 2.49. The Hall–Kier alpha value is -1.14. The molecule has 2 atom stereocenters. The van der Waals surface area contributed by atoms with Crippen LogP contribution in [0.2, 0.25) is 0 Å². The summed E-state index contributed by atoms with van der Waals surface area (Å²) in [7, 11) is 0. The van der Waals surface area contributed by atoms with Crippen LogP contribution in [0, 0.1) is 5.92 Å². The lowest BCUT2D eigenvalue weighted by atomic mass is 10.1. The molecule has 2 N–H and O–H groups in total. The molecule has 2 aliphatic heterocycles. The maximum absolute atomic E-state index is 11.9. The van der Waals surface area contributed by atoms with E-state index in [1.165, 1.54) is 4.90 Å². The van der Waals surface area contributed by atoms with Crippen LogP contribution in [0.1, 0.15) is 13.3 Å². The highest BCUT2D eigenvalue weighted by molar-refractivity contribution is 5.94. The summed E-state index contributed by atoms with van der Waals surface area (Å²) < 4.78 is 4.75. The third-order valence-corrected chi connectivity index (χ3v) is 3.52. The number of carbonyl (C=O) groups is 2. The van der Waals surface area contributed by atoms with Crippen LogP contribution >= 0.6 is 0 Å². The molecule has 96 valence electrons. The molecule has 0 saturated carbocycles. The lowest BCUT2D eigenvalue weighted by molar-refractivity contribution is -0.129. The van der Waals surface area contributed by atoms with Crippen molar-refractivity contribution in [3.63, 3.8) is 0 Å². The van der Waals surface area contributed by atoms with Gasteiger partial charge in [-0.1, -0.05) is 0 Å². The predicted octanol–water partition coefficient (Wildman–Crippen LogP) is -0.366. The van der Waals surface area contributed by atoms with E-state index < -0.39 is 6.09 Å². The Morgan fingerprint density at radius 2 is 2.35 bits per heavy atom. The summed E-state index contributed by atoms with van der Waals surface area (Å²) in [4.78, 5) is 26.4. The first-order valence-electron chi connectivity index (χ1n) is 6.03. The Morgan fingerprint density at radius 1 is 1.59 bits per heavy atom. The summed E-state index contributed by atoms with van der Waals surface area (Å²) in [6.07, 6.45) is 0.506. The topological polar surface area (TPSA) is 75.9 Å². The van der Waals surface area contributed by atoms with Crippen molar-refractivity contribution in [2.75, 3.05) is 32.8 Å². The van der Waals surface area contributed by atoms with E-state index in [-0.39, 0.29) is 12.5 Å². The van der Waals surface area contributed by atoms with E-state index in [1.807, 2.05) is 0 Å². The second-order valence-corrected chi connectivity index (χ2v) is 4.78. The number of hydrogen-bond donors (Lipinski definition) is 1. The van der Waals surface area contributed by atoms with Gasteiger partial charge in [-0.3, -0.25) is 9.69 Å². The van der Waals surface area contributed by atoms with Crippen LogP contribution in [0.15, 0.2) is 0 Å². The summed E-state index contributed by atoms with van der Waals surface area (Å²) >= 11 is 0. The van der Waals surface area contributed by atoms with Gasteiger partial charge in [-0.2, -0.15) is 0 Å². The fraction of sp³-hybridized carbons (Fsp3) is 0.818. The van der Waals surface area contributed by atoms with Crippen molar-refractivity contribution in [1.82, 2.24) is 9.80 Å². The molecule has 2 unspecified atom stereocenters. The van der Waals surface area contributed by atoms with Crippen LogP contribution in [0.4, 0.5) is 4.79 Å². The van der Waals surface area contributed by atoms with E-state index in [4.69, 9.17) is 10.5 Å². The second-order valence-electron chi connectivity index (χ2n) is 4.78. The zero-order chi connectivity index (χ0) is 12.4. The standard InChI is InChI=1S/C11H19N3O3/c1-8-4-9(5-12)6-13(8)7-10(15)14-2-3-17-11(14)16/h8-9H,2-7,12H2,1H3. The van der Waals surface area contributed by atoms with Crippen LogP contribution in [0.25, 0.3) is 0 Å². The number of hydrogen-bond acceptors (Lipinski definition) is 5. The molecule has 0 aromatic rings. The van der Waals surface area contributed by atoms with Crippen molar-refractivity contribution >= 4 is 12.0 Å². The number of nitrogens with two attached hydrogens (primary N) is 1. The average molecular weight is 241 g/mol. The summed E-state index contributed by atoms with van der Waals surface area (Å²) in [5, 5.41) is 0. The van der Waals surface area contributed by atoms with Gasteiger partial charge in [-0.25, -0.2) is 9.69 Å². The zero-order valence-corrected chi connectivity index (χ0v) is 10.1. The average Bonchev–Trinajstić information content (AvgIpc) is 2.86. The van der Waals surface area contributed by atoms with Crippen LogP contribution in [-0.4, -0.2) is 60.6 Å². The van der Waals surface area contributed by atoms with Crippen molar-refractivity contribution in [3.05, 3.63) is 0 Å². The van der Waals surface area contributed by atoms with E-state index in [0.717, 1.165) is 13.0 Å². The van der Waals surface area contributed by atoms with Crippen LogP contribution in [-0.2, 0) is 9.53 Å². The maximum Gasteiger partial charge on any atom is 0.416 e. The predicted molar refractivity (Wildman–Crippen MR) is 61.3 cm³/mol. The first-order chi connectivity index (χ1) is 8.11. The number of cyclic esters (lactones) is 1. The largest absolute Gasteiger partial charge is 0.447 e. The van der Waals surface area contributed by atoms with Crippen molar-refractivity contribution in [2.24, 2.45) is 11.7 Å². The zero-order valence-electron chi connectivity index (χ0n) is 10.1. The molecule has 6 heteroatoms. The quantitative estimate of drug-likeness (QED) is 0.730. The first-order valence-corrected chi connectivity index (χ1v) is 6.03. The van der Waals surface area contributed by atoms with E-state index in [9.17, 15) is 9.59 Å². The molecule has 2 rings (SSSR count). The summed E-state index contributed by atoms with van der Waals surface area (Å²) in [6.45, 7) is 4.55. The molecule has 6 nitrogen and oxygen atoms in total. The summed E-state index contributed by atoms with van der Waals surface area (Å²) in [5.41, 5.74) is 5.64. The highest BCUT2D eigenvalue weighted by Gasteiger charge is 2.34. The second kappa shape index (κ2) is 5.01. The van der Waals surface area contributed by atoms with Crippen LogP contribution < -0.4 is 5.73 Å². The molecule has 0 aromatic heterocycles. The Bertz CT molecular complexity index is 321. The maximum atomic E-state index is 11.9. The number of rotatable bonds is 3. The van der Waals surface area contributed by atoms with Gasteiger partial charge in [0.15, 0.2) is 0 Å². The van der Waals surface area contributed by atoms with Gasteiger partial charge in [0.25, 0.3) is 0 Å². The fourth-order valence-electron chi connectivity index (χ4n) is 2.49. The molecule has 0 spiro atoms. The monoisotopic (exact) mass is 241 g/mol. The Labute approximate surface area is 101 Å². The van der Waals surface area contributed by atoms with Crippen LogP contribution in [0.3, 0.4) is 0 Å². The molecule has 2 fully saturated rings. The van der Waals surface area contributed by atoms with E-state index in [0.29, 0.717) is 31.7 Å². The molecule has 0 aromatic carbocycles. The number of carbonyl (C=O) groups excluding carboxylic acids is 2. The Balaban J connectivity index is 1.88. The van der Waals surface area contributed by atoms with Crippen LogP contribution in [0.5, 0.6) is 0 Å². The molecule has 0 radical (unpaired) electrons. The molecule has 2 amide bonds. The lowest BCUT2D eigenvalue weighted by Crippen LogP contribution is -2.42. The van der Waals surface area contributed by atoms with Gasteiger partial charge in [0.05, 0.1) is 13.1 Å². The first kappa shape index (κ1) is 12.3. The summed E-state index contributed by atoms with van der Waals surface area (Å²) in [5.74, 6) is 0.292. The van der Waals surface area contributed by atoms with Gasteiger partial charge in [0, 0.05) is 12.6 Å². The van der Waals surface area contributed by atoms with Crippen molar-refractivity contribution < 1.29 is 14.3 Å². The molecule has 2 aliphatic rings. The number of ether oxygens (including phenoxy) is 1. The van der Waals surface area contributed by atoms with Crippen molar-refractivity contribution in [1.29, 1.82) is 0 Å². The third-order valence-electron chi connectivity index (χ3n) is 3.52.